The Kier molecular flexibility index (Phi) is 8.19. The quantitative estimate of drug-likeness (QED) is 0.553. The molecule has 2 atom stereocenters. The highest BCUT2D eigenvalue weighted by Gasteiger charge is 2.51. The van der Waals surface area contributed by atoms with Crippen molar-refractivity contribution in [1.82, 2.24) is 10.2 Å². The summed E-state index contributed by atoms with van der Waals surface area (Å²) >= 11 is 0. The van der Waals surface area contributed by atoms with Gasteiger partial charge in [-0.1, -0.05) is 45.0 Å². The first-order valence-corrected chi connectivity index (χ1v) is 15.7. The van der Waals surface area contributed by atoms with E-state index in [0.29, 0.717) is 6.54 Å². The monoisotopic (exact) mass is 504 g/mol. The SMILES string of the molecule is CNC(=O)OC(CN1CC[C@H](O[Si](C)(C)C(C)(C)C)C1)c1cccc(B2OC(C)(C)C(C)(C)O2)c1. The van der Waals surface area contributed by atoms with Crippen LogP contribution in [-0.2, 0) is 18.5 Å². The summed E-state index contributed by atoms with van der Waals surface area (Å²) in [6.07, 6.45) is 0.355. The normalized spacial score (nSPS) is 23.4. The summed E-state index contributed by atoms with van der Waals surface area (Å²) in [6, 6.07) is 8.02. The van der Waals surface area contributed by atoms with Crippen molar-refractivity contribution in [2.24, 2.45) is 0 Å². The van der Waals surface area contributed by atoms with Gasteiger partial charge in [0.15, 0.2) is 8.32 Å². The van der Waals surface area contributed by atoms with Gasteiger partial charge in [-0.05, 0) is 63.3 Å². The Hall–Kier alpha value is -1.39. The first kappa shape index (κ1) is 28.2. The van der Waals surface area contributed by atoms with Gasteiger partial charge in [0, 0.05) is 26.7 Å². The van der Waals surface area contributed by atoms with Gasteiger partial charge in [0.2, 0.25) is 0 Å². The van der Waals surface area contributed by atoms with Gasteiger partial charge in [0.1, 0.15) is 6.10 Å². The highest BCUT2D eigenvalue weighted by Crippen LogP contribution is 2.39. The molecule has 0 spiro atoms. The highest BCUT2D eigenvalue weighted by molar-refractivity contribution is 6.74. The Bertz CT molecular complexity index is 886. The van der Waals surface area contributed by atoms with Crippen molar-refractivity contribution in [2.75, 3.05) is 26.7 Å². The lowest BCUT2D eigenvalue weighted by molar-refractivity contribution is 0.00578. The van der Waals surface area contributed by atoms with E-state index in [1.807, 2.05) is 52.0 Å². The topological polar surface area (TPSA) is 69.3 Å². The zero-order valence-corrected chi connectivity index (χ0v) is 24.4. The highest BCUT2D eigenvalue weighted by atomic mass is 28.4. The maximum atomic E-state index is 12.2. The van der Waals surface area contributed by atoms with E-state index in [2.05, 4.69) is 44.1 Å². The molecule has 2 aliphatic heterocycles. The maximum Gasteiger partial charge on any atom is 0.494 e. The second kappa shape index (κ2) is 10.2. The van der Waals surface area contributed by atoms with Crippen LogP contribution in [0.5, 0.6) is 0 Å². The molecule has 9 heteroatoms. The van der Waals surface area contributed by atoms with Gasteiger partial charge in [0.25, 0.3) is 0 Å². The molecule has 1 unspecified atom stereocenters. The molecule has 1 aromatic rings. The molecule has 0 aromatic heterocycles. The summed E-state index contributed by atoms with van der Waals surface area (Å²) in [7, 11) is -0.712. The molecular formula is C26H45BN2O5Si. The molecule has 0 bridgehead atoms. The van der Waals surface area contributed by atoms with E-state index < -0.39 is 38.8 Å². The molecule has 0 saturated carbocycles. The van der Waals surface area contributed by atoms with Gasteiger partial charge >= 0.3 is 13.2 Å². The van der Waals surface area contributed by atoms with Crippen molar-refractivity contribution in [2.45, 2.75) is 96.4 Å². The molecule has 2 saturated heterocycles. The summed E-state index contributed by atoms with van der Waals surface area (Å²) in [4.78, 5) is 14.6. The zero-order valence-electron chi connectivity index (χ0n) is 23.4. The van der Waals surface area contributed by atoms with E-state index in [0.717, 1.165) is 30.5 Å². The third kappa shape index (κ3) is 6.49. The number of alkyl carbamates (subject to hydrolysis) is 1. The Morgan fingerprint density at radius 1 is 1.23 bits per heavy atom. The second-order valence-corrected chi connectivity index (χ2v) is 17.2. The Morgan fingerprint density at radius 2 is 1.86 bits per heavy atom. The lowest BCUT2D eigenvalue weighted by Gasteiger charge is -2.38. The van der Waals surface area contributed by atoms with Crippen molar-refractivity contribution in [3.63, 3.8) is 0 Å². The summed E-state index contributed by atoms with van der Waals surface area (Å²) in [5.41, 5.74) is 1.02. The molecule has 196 valence electrons. The molecule has 35 heavy (non-hydrogen) atoms. The number of amides is 1. The van der Waals surface area contributed by atoms with Crippen LogP contribution in [0.1, 0.15) is 66.6 Å². The number of ether oxygens (including phenoxy) is 1. The minimum absolute atomic E-state index is 0.180. The Balaban J connectivity index is 1.74. The van der Waals surface area contributed by atoms with Crippen molar-refractivity contribution < 1.29 is 23.3 Å². The molecule has 1 amide bonds. The average Bonchev–Trinajstić information content (AvgIpc) is 3.26. The fourth-order valence-electron chi connectivity index (χ4n) is 4.17. The van der Waals surface area contributed by atoms with Crippen molar-refractivity contribution in [3.8, 4) is 0 Å². The molecule has 0 radical (unpaired) electrons. The fraction of sp³-hybridized carbons (Fsp3) is 0.731. The van der Waals surface area contributed by atoms with Gasteiger partial charge in [-0.3, -0.25) is 4.90 Å². The van der Waals surface area contributed by atoms with Crippen LogP contribution >= 0.6 is 0 Å². The minimum Gasteiger partial charge on any atom is -0.440 e. The molecule has 2 aliphatic rings. The number of carbonyl (C=O) groups excluding carboxylic acids is 1. The minimum atomic E-state index is -1.83. The number of rotatable bonds is 7. The van der Waals surface area contributed by atoms with Crippen molar-refractivity contribution in [1.29, 1.82) is 0 Å². The van der Waals surface area contributed by atoms with Gasteiger partial charge in [0.05, 0.1) is 17.3 Å². The molecule has 7 nitrogen and oxygen atoms in total. The first-order chi connectivity index (χ1) is 16.0. The second-order valence-electron chi connectivity index (χ2n) is 12.5. The Morgan fingerprint density at radius 3 is 2.43 bits per heavy atom. The molecule has 2 heterocycles. The predicted molar refractivity (Wildman–Crippen MR) is 144 cm³/mol. The van der Waals surface area contributed by atoms with Crippen molar-refractivity contribution in [3.05, 3.63) is 29.8 Å². The summed E-state index contributed by atoms with van der Waals surface area (Å²) in [6.45, 7) is 22.0. The standard InChI is InChI=1S/C26H45BN2O5Si/c1-24(2,3)35(9,10)32-21-14-15-29(17-21)18-22(31-23(30)28-8)19-12-11-13-20(16-19)27-33-25(4,5)26(6,7)34-27/h11-13,16,21-22H,14-15,17-18H2,1-10H3,(H,28,30)/t21-,22?/m0/s1. The van der Waals surface area contributed by atoms with Crippen LogP contribution in [0, 0.1) is 0 Å². The van der Waals surface area contributed by atoms with E-state index in [4.69, 9.17) is 18.5 Å². The number of nitrogens with one attached hydrogen (secondary N) is 1. The number of carbonyl (C=O) groups is 1. The van der Waals surface area contributed by atoms with E-state index in [1.54, 1.807) is 7.05 Å². The number of hydrogen-bond donors (Lipinski definition) is 1. The predicted octanol–water partition coefficient (Wildman–Crippen LogP) is 4.48. The van der Waals surface area contributed by atoms with E-state index >= 15 is 0 Å². The van der Waals surface area contributed by atoms with Crippen LogP contribution < -0.4 is 10.8 Å². The molecular weight excluding hydrogens is 459 g/mol. The number of hydrogen-bond acceptors (Lipinski definition) is 6. The molecule has 0 aliphatic carbocycles. The molecule has 2 fully saturated rings. The first-order valence-electron chi connectivity index (χ1n) is 12.8. The Labute approximate surface area is 213 Å². The largest absolute Gasteiger partial charge is 0.494 e. The van der Waals surface area contributed by atoms with Crippen LogP contribution in [-0.4, -0.2) is 70.4 Å². The molecule has 3 rings (SSSR count). The maximum absolute atomic E-state index is 12.2. The van der Waals surface area contributed by atoms with Crippen LogP contribution in [0.4, 0.5) is 4.79 Å². The molecule has 1 N–H and O–H groups in total. The van der Waals surface area contributed by atoms with E-state index in [9.17, 15) is 4.79 Å². The van der Waals surface area contributed by atoms with Crippen LogP contribution in [0.25, 0.3) is 0 Å². The summed E-state index contributed by atoms with van der Waals surface area (Å²) in [5.74, 6) is 0. The molecule has 1 aromatic carbocycles. The number of nitrogens with zero attached hydrogens (tertiary/aromatic N) is 1. The summed E-state index contributed by atoms with van der Waals surface area (Å²) in [5, 5.41) is 2.77. The average molecular weight is 505 g/mol. The fourth-order valence-corrected chi connectivity index (χ4v) is 5.55. The number of likely N-dealkylation sites (tertiary alicyclic amines) is 1. The van der Waals surface area contributed by atoms with E-state index in [1.165, 1.54) is 0 Å². The third-order valence-electron chi connectivity index (χ3n) is 8.18. The van der Waals surface area contributed by atoms with Crippen LogP contribution in [0.15, 0.2) is 24.3 Å². The summed E-state index contributed by atoms with van der Waals surface area (Å²) < 4.78 is 25.0. The van der Waals surface area contributed by atoms with Gasteiger partial charge in [-0.15, -0.1) is 0 Å². The van der Waals surface area contributed by atoms with Crippen LogP contribution in [0.3, 0.4) is 0 Å². The number of benzene rings is 1. The van der Waals surface area contributed by atoms with Gasteiger partial charge < -0.3 is 23.8 Å². The van der Waals surface area contributed by atoms with Crippen LogP contribution in [0.2, 0.25) is 18.1 Å². The third-order valence-corrected chi connectivity index (χ3v) is 12.7. The lowest BCUT2D eigenvalue weighted by atomic mass is 9.78. The van der Waals surface area contributed by atoms with E-state index in [-0.39, 0.29) is 11.1 Å². The lowest BCUT2D eigenvalue weighted by Crippen LogP contribution is -2.44. The van der Waals surface area contributed by atoms with Crippen molar-refractivity contribution >= 4 is 27.0 Å². The smallest absolute Gasteiger partial charge is 0.440 e. The van der Waals surface area contributed by atoms with Gasteiger partial charge in [-0.25, -0.2) is 4.79 Å². The van der Waals surface area contributed by atoms with Gasteiger partial charge in [-0.2, -0.15) is 0 Å². The zero-order chi connectivity index (χ0) is 26.2.